The standard InChI is InChI=1S/C19H29N3O/c1-20-17-11-8-14-22(15-17)18(16-9-4-2-5-10-16)19(23)21-12-6-3-7-13-21/h2,4-5,9-10,17-18,20H,3,6-8,11-15H2,1H3. The Bertz CT molecular complexity index is 499. The molecule has 1 N–H and O–H groups in total. The maximum absolute atomic E-state index is 13.3. The number of carbonyl (C=O) groups is 1. The maximum Gasteiger partial charge on any atom is 0.244 e. The fraction of sp³-hybridized carbons (Fsp3) is 0.632. The number of likely N-dealkylation sites (N-methyl/N-ethyl adjacent to an activating group) is 1. The normalized spacial score (nSPS) is 24.4. The van der Waals surface area contributed by atoms with E-state index in [2.05, 4.69) is 27.2 Å². The summed E-state index contributed by atoms with van der Waals surface area (Å²) >= 11 is 0. The van der Waals surface area contributed by atoms with E-state index in [4.69, 9.17) is 0 Å². The lowest BCUT2D eigenvalue weighted by Crippen LogP contribution is -2.51. The highest BCUT2D eigenvalue weighted by atomic mass is 16.2. The third-order valence-corrected chi connectivity index (χ3v) is 5.24. The Hall–Kier alpha value is -1.39. The van der Waals surface area contributed by atoms with Crippen LogP contribution in [0.25, 0.3) is 0 Å². The van der Waals surface area contributed by atoms with Gasteiger partial charge in [0.25, 0.3) is 0 Å². The molecule has 1 amide bonds. The van der Waals surface area contributed by atoms with Crippen LogP contribution < -0.4 is 5.32 Å². The molecule has 4 heteroatoms. The molecule has 0 radical (unpaired) electrons. The first-order valence-corrected chi connectivity index (χ1v) is 9.04. The molecule has 0 aromatic heterocycles. The predicted molar refractivity (Wildman–Crippen MR) is 93.3 cm³/mol. The molecular formula is C19H29N3O. The van der Waals surface area contributed by atoms with Crippen LogP contribution >= 0.6 is 0 Å². The Kier molecular flexibility index (Phi) is 5.68. The predicted octanol–water partition coefficient (Wildman–Crippen LogP) is 2.42. The van der Waals surface area contributed by atoms with Gasteiger partial charge in [-0.2, -0.15) is 0 Å². The Morgan fingerprint density at radius 2 is 1.83 bits per heavy atom. The molecule has 0 aliphatic carbocycles. The third kappa shape index (κ3) is 3.93. The minimum Gasteiger partial charge on any atom is -0.341 e. The highest BCUT2D eigenvalue weighted by molar-refractivity contribution is 5.83. The topological polar surface area (TPSA) is 35.6 Å². The highest BCUT2D eigenvalue weighted by Gasteiger charge is 2.34. The van der Waals surface area contributed by atoms with Crippen LogP contribution in [0.4, 0.5) is 0 Å². The van der Waals surface area contributed by atoms with Gasteiger partial charge in [0.1, 0.15) is 6.04 Å². The summed E-state index contributed by atoms with van der Waals surface area (Å²) in [5.41, 5.74) is 1.14. The number of rotatable bonds is 4. The van der Waals surface area contributed by atoms with Crippen molar-refractivity contribution in [3.05, 3.63) is 35.9 Å². The van der Waals surface area contributed by atoms with Crippen molar-refractivity contribution >= 4 is 5.91 Å². The van der Waals surface area contributed by atoms with Gasteiger partial charge in [0.2, 0.25) is 5.91 Å². The van der Waals surface area contributed by atoms with E-state index in [1.54, 1.807) is 0 Å². The second-order valence-electron chi connectivity index (χ2n) is 6.82. The number of likely N-dealkylation sites (tertiary alicyclic amines) is 2. The summed E-state index contributed by atoms with van der Waals surface area (Å²) in [4.78, 5) is 17.7. The number of benzene rings is 1. The van der Waals surface area contributed by atoms with Gasteiger partial charge in [-0.05, 0) is 51.3 Å². The quantitative estimate of drug-likeness (QED) is 0.927. The fourth-order valence-electron chi connectivity index (χ4n) is 3.91. The van der Waals surface area contributed by atoms with Crippen LogP contribution in [-0.2, 0) is 4.79 Å². The first-order valence-electron chi connectivity index (χ1n) is 9.04. The molecule has 2 aliphatic heterocycles. The van der Waals surface area contributed by atoms with Crippen LogP contribution in [0.15, 0.2) is 30.3 Å². The van der Waals surface area contributed by atoms with Crippen molar-refractivity contribution in [2.24, 2.45) is 0 Å². The van der Waals surface area contributed by atoms with Gasteiger partial charge in [-0.3, -0.25) is 9.69 Å². The molecule has 1 aromatic rings. The van der Waals surface area contributed by atoms with E-state index >= 15 is 0 Å². The van der Waals surface area contributed by atoms with Crippen molar-refractivity contribution < 1.29 is 4.79 Å². The first kappa shape index (κ1) is 16.5. The number of hydrogen-bond donors (Lipinski definition) is 1. The van der Waals surface area contributed by atoms with E-state index in [0.717, 1.165) is 51.0 Å². The van der Waals surface area contributed by atoms with E-state index < -0.39 is 0 Å². The average molecular weight is 315 g/mol. The zero-order valence-corrected chi connectivity index (χ0v) is 14.2. The summed E-state index contributed by atoms with van der Waals surface area (Å²) in [6.07, 6.45) is 5.90. The molecule has 126 valence electrons. The van der Waals surface area contributed by atoms with E-state index in [-0.39, 0.29) is 6.04 Å². The summed E-state index contributed by atoms with van der Waals surface area (Å²) in [5.74, 6) is 0.299. The number of nitrogens with zero attached hydrogens (tertiary/aromatic N) is 2. The van der Waals surface area contributed by atoms with Gasteiger partial charge in [0.05, 0.1) is 0 Å². The lowest BCUT2D eigenvalue weighted by Gasteiger charge is -2.40. The SMILES string of the molecule is CNC1CCCN(C(C(=O)N2CCCCC2)c2ccccc2)C1. The van der Waals surface area contributed by atoms with Crippen molar-refractivity contribution in [2.45, 2.75) is 44.2 Å². The van der Waals surface area contributed by atoms with Gasteiger partial charge in [-0.15, -0.1) is 0 Å². The van der Waals surface area contributed by atoms with Gasteiger partial charge < -0.3 is 10.2 Å². The molecule has 3 rings (SSSR count). The van der Waals surface area contributed by atoms with E-state index in [1.165, 1.54) is 12.8 Å². The average Bonchev–Trinajstić information content (AvgIpc) is 2.64. The summed E-state index contributed by atoms with van der Waals surface area (Å²) < 4.78 is 0. The fourth-order valence-corrected chi connectivity index (χ4v) is 3.91. The van der Waals surface area contributed by atoms with Gasteiger partial charge in [0, 0.05) is 25.7 Å². The molecule has 2 aliphatic rings. The minimum absolute atomic E-state index is 0.120. The van der Waals surface area contributed by atoms with Crippen LogP contribution in [0.2, 0.25) is 0 Å². The zero-order valence-electron chi connectivity index (χ0n) is 14.2. The molecule has 4 nitrogen and oxygen atoms in total. The summed E-state index contributed by atoms with van der Waals surface area (Å²) in [6, 6.07) is 10.7. The van der Waals surface area contributed by atoms with Crippen molar-refractivity contribution in [2.75, 3.05) is 33.2 Å². The first-order chi connectivity index (χ1) is 11.3. The van der Waals surface area contributed by atoms with Crippen molar-refractivity contribution in [1.82, 2.24) is 15.1 Å². The molecule has 2 atom stereocenters. The van der Waals surface area contributed by atoms with E-state index in [9.17, 15) is 4.79 Å². The maximum atomic E-state index is 13.3. The second-order valence-corrected chi connectivity index (χ2v) is 6.82. The number of carbonyl (C=O) groups excluding carboxylic acids is 1. The second kappa shape index (κ2) is 7.93. The van der Waals surface area contributed by atoms with Crippen molar-refractivity contribution in [1.29, 1.82) is 0 Å². The van der Waals surface area contributed by atoms with Crippen LogP contribution in [0, 0.1) is 0 Å². The summed E-state index contributed by atoms with van der Waals surface area (Å²) in [7, 11) is 2.03. The number of piperidine rings is 2. The molecule has 2 saturated heterocycles. The largest absolute Gasteiger partial charge is 0.341 e. The number of amides is 1. The lowest BCUT2D eigenvalue weighted by atomic mass is 9.97. The van der Waals surface area contributed by atoms with Gasteiger partial charge in [-0.1, -0.05) is 30.3 Å². The molecule has 0 spiro atoms. The lowest BCUT2D eigenvalue weighted by molar-refractivity contribution is -0.138. The Balaban J connectivity index is 1.82. The molecule has 0 saturated carbocycles. The van der Waals surface area contributed by atoms with Gasteiger partial charge in [-0.25, -0.2) is 0 Å². The summed E-state index contributed by atoms with van der Waals surface area (Å²) in [5, 5.41) is 3.39. The van der Waals surface area contributed by atoms with Gasteiger partial charge >= 0.3 is 0 Å². The smallest absolute Gasteiger partial charge is 0.244 e. The Labute approximate surface area is 139 Å². The van der Waals surface area contributed by atoms with E-state index in [0.29, 0.717) is 11.9 Å². The van der Waals surface area contributed by atoms with Crippen LogP contribution in [0.1, 0.15) is 43.7 Å². The summed E-state index contributed by atoms with van der Waals surface area (Å²) in [6.45, 7) is 3.81. The Morgan fingerprint density at radius 3 is 2.52 bits per heavy atom. The Morgan fingerprint density at radius 1 is 1.09 bits per heavy atom. The van der Waals surface area contributed by atoms with Gasteiger partial charge in [0.15, 0.2) is 0 Å². The monoisotopic (exact) mass is 315 g/mol. The zero-order chi connectivity index (χ0) is 16.1. The molecule has 1 aromatic carbocycles. The number of nitrogens with one attached hydrogen (secondary N) is 1. The van der Waals surface area contributed by atoms with Crippen LogP contribution in [0.5, 0.6) is 0 Å². The number of hydrogen-bond acceptors (Lipinski definition) is 3. The van der Waals surface area contributed by atoms with Crippen LogP contribution in [-0.4, -0.2) is 55.0 Å². The minimum atomic E-state index is -0.120. The highest BCUT2D eigenvalue weighted by Crippen LogP contribution is 2.28. The van der Waals surface area contributed by atoms with Crippen molar-refractivity contribution in [3.8, 4) is 0 Å². The third-order valence-electron chi connectivity index (χ3n) is 5.24. The molecular weight excluding hydrogens is 286 g/mol. The molecule has 23 heavy (non-hydrogen) atoms. The van der Waals surface area contributed by atoms with E-state index in [1.807, 2.05) is 25.2 Å². The molecule has 2 fully saturated rings. The molecule has 2 unspecified atom stereocenters. The molecule has 2 heterocycles. The van der Waals surface area contributed by atoms with Crippen molar-refractivity contribution in [3.63, 3.8) is 0 Å². The molecule has 0 bridgehead atoms. The van der Waals surface area contributed by atoms with Crippen LogP contribution in [0.3, 0.4) is 0 Å².